The monoisotopic (exact) mass is 238 g/mol. The summed E-state index contributed by atoms with van der Waals surface area (Å²) in [7, 11) is 0. The molecule has 17 heavy (non-hydrogen) atoms. The van der Waals surface area contributed by atoms with Gasteiger partial charge in [0.25, 0.3) is 0 Å². The van der Waals surface area contributed by atoms with E-state index in [-0.39, 0.29) is 0 Å². The summed E-state index contributed by atoms with van der Waals surface area (Å²) in [5.41, 5.74) is 0. The molecule has 0 spiro atoms. The summed E-state index contributed by atoms with van der Waals surface area (Å²) in [6, 6.07) is 0.991. The van der Waals surface area contributed by atoms with Crippen LogP contribution in [0.4, 0.5) is 0 Å². The predicted octanol–water partition coefficient (Wildman–Crippen LogP) is 2.90. The number of nitrogens with one attached hydrogen (secondary N) is 1. The molecule has 1 N–H and O–H groups in total. The van der Waals surface area contributed by atoms with Crippen LogP contribution in [0.2, 0.25) is 0 Å². The second-order valence-corrected chi connectivity index (χ2v) is 5.17. The Morgan fingerprint density at radius 2 is 1.76 bits per heavy atom. The van der Waals surface area contributed by atoms with Crippen LogP contribution < -0.4 is 4.90 Å². The lowest BCUT2D eigenvalue weighted by Crippen LogP contribution is -3.16. The van der Waals surface area contributed by atoms with Crippen LogP contribution in [0.1, 0.15) is 71.6 Å². The molecule has 1 heterocycles. The third kappa shape index (κ3) is 7.39. The fraction of sp³-hybridized carbons (Fsp3) is 0.933. The van der Waals surface area contributed by atoms with E-state index in [0.717, 1.165) is 6.04 Å². The third-order valence-electron chi connectivity index (χ3n) is 3.97. The van der Waals surface area contributed by atoms with Gasteiger partial charge in [-0.1, -0.05) is 33.1 Å². The molecule has 0 aromatic carbocycles. The molecule has 0 aromatic rings. The highest BCUT2D eigenvalue weighted by atomic mass is 15.2. The Balaban J connectivity index is 0.00000121. The molecule has 1 fully saturated rings. The largest absolute Gasteiger partial charge is 0.512 e. The molecule has 0 radical (unpaired) electrons. The predicted molar refractivity (Wildman–Crippen MR) is 72.4 cm³/mol. The summed E-state index contributed by atoms with van der Waals surface area (Å²) in [4.78, 5) is 1.92. The highest BCUT2D eigenvalue weighted by Gasteiger charge is 2.23. The first kappa shape index (κ1) is 16.4. The van der Waals surface area contributed by atoms with E-state index in [1.54, 1.807) is 0 Å². The zero-order chi connectivity index (χ0) is 12.9. The van der Waals surface area contributed by atoms with Crippen LogP contribution in [0.3, 0.4) is 0 Å². The van der Waals surface area contributed by atoms with Crippen molar-refractivity contribution in [2.24, 2.45) is 0 Å². The Morgan fingerprint density at radius 1 is 1.06 bits per heavy atom. The van der Waals surface area contributed by atoms with Gasteiger partial charge in [0.05, 0.1) is 19.1 Å². The first-order chi connectivity index (χ1) is 8.38. The van der Waals surface area contributed by atoms with Gasteiger partial charge in [0.15, 0.2) is 0 Å². The molecular formula is C15H30N2. The van der Waals surface area contributed by atoms with Gasteiger partial charge in [0.1, 0.15) is 0 Å². The summed E-state index contributed by atoms with van der Waals surface area (Å²) in [6.45, 7) is 12.3. The van der Waals surface area contributed by atoms with Gasteiger partial charge in [0.2, 0.25) is 0 Å². The summed E-state index contributed by atoms with van der Waals surface area (Å²) in [5.74, 6) is 0. The maximum absolute atomic E-state index is 6.25. The fourth-order valence-electron chi connectivity index (χ4n) is 2.93. The Morgan fingerprint density at radius 3 is 2.41 bits per heavy atom. The molecule has 0 amide bonds. The van der Waals surface area contributed by atoms with E-state index >= 15 is 0 Å². The van der Waals surface area contributed by atoms with Gasteiger partial charge in [0, 0.05) is 0 Å². The lowest BCUT2D eigenvalue weighted by atomic mass is 9.99. The van der Waals surface area contributed by atoms with Crippen molar-refractivity contribution in [3.63, 3.8) is 0 Å². The molecule has 1 aliphatic rings. The molecule has 2 unspecified atom stereocenters. The number of piperidine rings is 1. The molecule has 1 saturated heterocycles. The van der Waals surface area contributed by atoms with Crippen LogP contribution in [0.5, 0.6) is 0 Å². The minimum atomic E-state index is 0.991. The number of unbranched alkanes of at least 4 members (excludes halogenated alkanes) is 4. The number of likely N-dealkylation sites (tertiary alicyclic amines) is 1. The van der Waals surface area contributed by atoms with Crippen molar-refractivity contribution >= 4 is 0 Å². The molecule has 1 rings (SSSR count). The minimum absolute atomic E-state index is 0.991. The average Bonchev–Trinajstić information content (AvgIpc) is 2.41. The van der Waals surface area contributed by atoms with Crippen molar-refractivity contribution in [2.75, 3.05) is 13.1 Å². The van der Waals surface area contributed by atoms with Crippen LogP contribution in [-0.4, -0.2) is 19.1 Å². The standard InChI is InChI=1S/C14H29N.CN/c1-3-5-6-7-9-12-15-13-10-8-11-14(15)4-2;1-2/h14H,3-13H2,1-2H3;/q;-1/p+1. The molecule has 0 saturated carbocycles. The lowest BCUT2D eigenvalue weighted by Gasteiger charge is -2.32. The second-order valence-electron chi connectivity index (χ2n) is 5.17. The minimum Gasteiger partial charge on any atom is -0.512 e. The summed E-state index contributed by atoms with van der Waals surface area (Å²) in [6.07, 6.45) is 13.0. The van der Waals surface area contributed by atoms with Crippen molar-refractivity contribution in [3.8, 4) is 0 Å². The maximum Gasteiger partial charge on any atom is 0.0872 e. The highest BCUT2D eigenvalue weighted by molar-refractivity contribution is 4.59. The molecular weight excluding hydrogens is 208 g/mol. The number of hydrogen-bond donors (Lipinski definition) is 1. The fourth-order valence-corrected chi connectivity index (χ4v) is 2.93. The molecule has 2 nitrogen and oxygen atoms in total. The molecule has 0 aromatic heterocycles. The molecule has 0 aliphatic carbocycles. The van der Waals surface area contributed by atoms with Gasteiger partial charge in [-0.3, -0.25) is 0 Å². The quantitative estimate of drug-likeness (QED) is 0.536. The van der Waals surface area contributed by atoms with E-state index in [1.165, 1.54) is 70.9 Å². The van der Waals surface area contributed by atoms with Crippen LogP contribution in [0, 0.1) is 11.8 Å². The van der Waals surface area contributed by atoms with Crippen LogP contribution in [0.15, 0.2) is 0 Å². The van der Waals surface area contributed by atoms with Crippen molar-refractivity contribution in [3.05, 3.63) is 6.57 Å². The van der Waals surface area contributed by atoms with E-state index in [9.17, 15) is 0 Å². The SMILES string of the molecule is CCCCCCC[NH+]1CCCCC1CC.[C-]#N. The topological polar surface area (TPSA) is 28.2 Å². The van der Waals surface area contributed by atoms with Gasteiger partial charge in [-0.25, -0.2) is 0 Å². The van der Waals surface area contributed by atoms with E-state index in [4.69, 9.17) is 11.8 Å². The van der Waals surface area contributed by atoms with E-state index in [1.807, 2.05) is 4.90 Å². The van der Waals surface area contributed by atoms with Crippen LogP contribution in [-0.2, 0) is 0 Å². The van der Waals surface area contributed by atoms with Gasteiger partial charge in [-0.15, -0.1) is 0 Å². The molecule has 100 valence electrons. The number of rotatable bonds is 7. The smallest absolute Gasteiger partial charge is 0.0872 e. The Labute approximate surface area is 108 Å². The van der Waals surface area contributed by atoms with E-state index < -0.39 is 0 Å². The molecule has 0 bridgehead atoms. The summed E-state index contributed by atoms with van der Waals surface area (Å²) < 4.78 is 0. The maximum atomic E-state index is 6.25. The van der Waals surface area contributed by atoms with Crippen molar-refractivity contribution in [1.29, 1.82) is 5.26 Å². The number of nitrogens with zero attached hydrogens (tertiary/aromatic N) is 1. The summed E-state index contributed by atoms with van der Waals surface area (Å²) >= 11 is 0. The Bertz CT molecular complexity index is 177. The highest BCUT2D eigenvalue weighted by Crippen LogP contribution is 2.06. The summed E-state index contributed by atoms with van der Waals surface area (Å²) in [5, 5.41) is 6.25. The van der Waals surface area contributed by atoms with Crippen molar-refractivity contribution in [1.82, 2.24) is 0 Å². The molecule has 1 aliphatic heterocycles. The van der Waals surface area contributed by atoms with E-state index in [2.05, 4.69) is 13.8 Å². The number of quaternary nitrogens is 1. The Hall–Kier alpha value is -0.550. The molecule has 2 heteroatoms. The zero-order valence-corrected chi connectivity index (χ0v) is 11.8. The number of hydrogen-bond acceptors (Lipinski definition) is 1. The first-order valence-electron chi connectivity index (χ1n) is 7.45. The zero-order valence-electron chi connectivity index (χ0n) is 11.8. The first-order valence-corrected chi connectivity index (χ1v) is 7.45. The van der Waals surface area contributed by atoms with Crippen LogP contribution >= 0.6 is 0 Å². The Kier molecular flexibility index (Phi) is 11.5. The van der Waals surface area contributed by atoms with Gasteiger partial charge in [-0.05, 0) is 38.5 Å². The van der Waals surface area contributed by atoms with E-state index in [0.29, 0.717) is 0 Å². The van der Waals surface area contributed by atoms with Gasteiger partial charge >= 0.3 is 0 Å². The normalized spacial score (nSPS) is 23.8. The molecule has 2 atom stereocenters. The second kappa shape index (κ2) is 11.9. The average molecular weight is 238 g/mol. The van der Waals surface area contributed by atoms with Crippen molar-refractivity contribution in [2.45, 2.75) is 77.7 Å². The van der Waals surface area contributed by atoms with Gasteiger partial charge in [-0.2, -0.15) is 0 Å². The lowest BCUT2D eigenvalue weighted by molar-refractivity contribution is -0.931. The third-order valence-corrected chi connectivity index (χ3v) is 3.97. The van der Waals surface area contributed by atoms with Gasteiger partial charge < -0.3 is 16.7 Å². The van der Waals surface area contributed by atoms with Crippen molar-refractivity contribution < 1.29 is 4.90 Å². The van der Waals surface area contributed by atoms with Crippen LogP contribution in [0.25, 0.3) is 0 Å².